The van der Waals surface area contributed by atoms with Gasteiger partial charge in [-0.25, -0.2) is 16.8 Å². The molecule has 0 saturated carbocycles. The third kappa shape index (κ3) is 4.12. The molecule has 2 fully saturated rings. The second kappa shape index (κ2) is 8.30. The minimum absolute atomic E-state index is 0.131. The lowest BCUT2D eigenvalue weighted by Gasteiger charge is -2.35. The molecule has 0 bridgehead atoms. The summed E-state index contributed by atoms with van der Waals surface area (Å²) in [5.74, 6) is 0. The van der Waals surface area contributed by atoms with Gasteiger partial charge in [-0.1, -0.05) is 12.1 Å². The standard InChI is InChI=1S/C21H27N3O4S2/c1-18-5-4-6-19(17-18)22-13-15-24(16-14-22)30(27,28)21-9-7-20(8-10-21)29(25,26)23-11-2-3-12-23/h4-10,17H,2-3,11-16H2,1H3. The Hall–Kier alpha value is -1.94. The van der Waals surface area contributed by atoms with Gasteiger partial charge in [0.25, 0.3) is 0 Å². The van der Waals surface area contributed by atoms with E-state index < -0.39 is 20.0 Å². The first-order chi connectivity index (χ1) is 14.3. The van der Waals surface area contributed by atoms with Crippen LogP contribution in [0.2, 0.25) is 0 Å². The molecular formula is C21H27N3O4S2. The van der Waals surface area contributed by atoms with Crippen molar-refractivity contribution in [2.24, 2.45) is 0 Å². The lowest BCUT2D eigenvalue weighted by Crippen LogP contribution is -2.48. The maximum atomic E-state index is 13.0. The van der Waals surface area contributed by atoms with E-state index in [2.05, 4.69) is 11.0 Å². The number of aryl methyl sites for hydroxylation is 1. The van der Waals surface area contributed by atoms with E-state index in [4.69, 9.17) is 0 Å². The molecule has 0 N–H and O–H groups in total. The van der Waals surface area contributed by atoms with Crippen LogP contribution in [-0.4, -0.2) is 64.7 Å². The average Bonchev–Trinajstić information content (AvgIpc) is 3.30. The van der Waals surface area contributed by atoms with E-state index in [9.17, 15) is 16.8 Å². The summed E-state index contributed by atoms with van der Waals surface area (Å²) in [6.45, 7) is 5.10. The zero-order chi connectivity index (χ0) is 21.4. The fourth-order valence-electron chi connectivity index (χ4n) is 4.02. The SMILES string of the molecule is Cc1cccc(N2CCN(S(=O)(=O)c3ccc(S(=O)(=O)N4CCCC4)cc3)CC2)c1. The molecule has 162 valence electrons. The first kappa shape index (κ1) is 21.3. The van der Waals surface area contributed by atoms with Crippen molar-refractivity contribution in [1.29, 1.82) is 0 Å². The fraction of sp³-hybridized carbons (Fsp3) is 0.429. The summed E-state index contributed by atoms with van der Waals surface area (Å²) >= 11 is 0. The third-order valence-corrected chi connectivity index (χ3v) is 9.60. The Morgan fingerprint density at radius 1 is 0.667 bits per heavy atom. The number of anilines is 1. The van der Waals surface area contributed by atoms with Crippen LogP contribution in [0.1, 0.15) is 18.4 Å². The van der Waals surface area contributed by atoms with E-state index in [1.54, 1.807) is 0 Å². The molecule has 0 aliphatic carbocycles. The second-order valence-corrected chi connectivity index (χ2v) is 11.7. The van der Waals surface area contributed by atoms with Crippen LogP contribution in [0.5, 0.6) is 0 Å². The molecule has 2 saturated heterocycles. The van der Waals surface area contributed by atoms with Crippen molar-refractivity contribution in [3.05, 3.63) is 54.1 Å². The van der Waals surface area contributed by atoms with Gasteiger partial charge in [-0.15, -0.1) is 0 Å². The summed E-state index contributed by atoms with van der Waals surface area (Å²) in [7, 11) is -7.21. The molecule has 2 aliphatic rings. The summed E-state index contributed by atoms with van der Waals surface area (Å²) in [6, 6.07) is 13.8. The van der Waals surface area contributed by atoms with Gasteiger partial charge in [0.1, 0.15) is 0 Å². The van der Waals surface area contributed by atoms with Crippen LogP contribution in [0.25, 0.3) is 0 Å². The molecule has 2 aliphatic heterocycles. The highest BCUT2D eigenvalue weighted by atomic mass is 32.2. The lowest BCUT2D eigenvalue weighted by atomic mass is 10.2. The molecule has 2 aromatic carbocycles. The maximum Gasteiger partial charge on any atom is 0.243 e. The summed E-state index contributed by atoms with van der Waals surface area (Å²) < 4.78 is 54.3. The number of nitrogens with zero attached hydrogens (tertiary/aromatic N) is 3. The number of rotatable bonds is 5. The minimum atomic E-state index is -3.66. The van der Waals surface area contributed by atoms with E-state index in [1.807, 2.05) is 25.1 Å². The maximum absolute atomic E-state index is 13.0. The van der Waals surface area contributed by atoms with E-state index >= 15 is 0 Å². The molecule has 4 rings (SSSR count). The molecule has 2 aromatic rings. The van der Waals surface area contributed by atoms with E-state index in [0.717, 1.165) is 18.5 Å². The number of sulfonamides is 2. The predicted octanol–water partition coefficient (Wildman–Crippen LogP) is 2.29. The first-order valence-electron chi connectivity index (χ1n) is 10.2. The normalized spacial score (nSPS) is 19.3. The largest absolute Gasteiger partial charge is 0.369 e. The van der Waals surface area contributed by atoms with Gasteiger partial charge in [-0.2, -0.15) is 8.61 Å². The topological polar surface area (TPSA) is 78.0 Å². The van der Waals surface area contributed by atoms with Crippen molar-refractivity contribution in [3.63, 3.8) is 0 Å². The summed E-state index contributed by atoms with van der Waals surface area (Å²) in [6.07, 6.45) is 1.72. The van der Waals surface area contributed by atoms with Crippen molar-refractivity contribution in [1.82, 2.24) is 8.61 Å². The van der Waals surface area contributed by atoms with Crippen LogP contribution in [0.3, 0.4) is 0 Å². The molecule has 0 atom stereocenters. The molecule has 0 spiro atoms. The van der Waals surface area contributed by atoms with Crippen LogP contribution in [-0.2, 0) is 20.0 Å². The first-order valence-corrected chi connectivity index (χ1v) is 13.1. The zero-order valence-corrected chi connectivity index (χ0v) is 18.7. The highest BCUT2D eigenvalue weighted by molar-refractivity contribution is 7.89. The molecule has 30 heavy (non-hydrogen) atoms. The number of piperazine rings is 1. The molecule has 2 heterocycles. The number of hydrogen-bond acceptors (Lipinski definition) is 5. The highest BCUT2D eigenvalue weighted by Crippen LogP contribution is 2.25. The van der Waals surface area contributed by atoms with Crippen LogP contribution in [0.4, 0.5) is 5.69 Å². The summed E-state index contributed by atoms with van der Waals surface area (Å²) in [5, 5.41) is 0. The van der Waals surface area contributed by atoms with Gasteiger partial charge >= 0.3 is 0 Å². The Morgan fingerprint density at radius 3 is 1.67 bits per heavy atom. The van der Waals surface area contributed by atoms with Gasteiger partial charge in [-0.3, -0.25) is 0 Å². The van der Waals surface area contributed by atoms with Crippen molar-refractivity contribution in [2.75, 3.05) is 44.2 Å². The Bertz CT molecular complexity index is 1100. The van der Waals surface area contributed by atoms with E-state index in [1.165, 1.54) is 38.4 Å². The van der Waals surface area contributed by atoms with Gasteiger partial charge in [0.2, 0.25) is 20.0 Å². The van der Waals surface area contributed by atoms with Crippen LogP contribution < -0.4 is 4.90 Å². The summed E-state index contributed by atoms with van der Waals surface area (Å²) in [5.41, 5.74) is 2.27. The Kier molecular flexibility index (Phi) is 5.89. The van der Waals surface area contributed by atoms with E-state index in [-0.39, 0.29) is 9.79 Å². The molecular weight excluding hydrogens is 422 g/mol. The Morgan fingerprint density at radius 2 is 1.17 bits per heavy atom. The van der Waals surface area contributed by atoms with Gasteiger partial charge in [0, 0.05) is 45.0 Å². The van der Waals surface area contributed by atoms with Crippen molar-refractivity contribution in [2.45, 2.75) is 29.6 Å². The molecule has 0 amide bonds. The fourth-order valence-corrected chi connectivity index (χ4v) is 6.96. The minimum Gasteiger partial charge on any atom is -0.369 e. The third-order valence-electron chi connectivity index (χ3n) is 5.77. The molecule has 0 radical (unpaired) electrons. The quantitative estimate of drug-likeness (QED) is 0.700. The molecule has 7 nitrogen and oxygen atoms in total. The Balaban J connectivity index is 1.46. The summed E-state index contributed by atoms with van der Waals surface area (Å²) in [4.78, 5) is 2.46. The van der Waals surface area contributed by atoms with Crippen molar-refractivity contribution in [3.8, 4) is 0 Å². The van der Waals surface area contributed by atoms with Crippen LogP contribution in [0.15, 0.2) is 58.3 Å². The van der Waals surface area contributed by atoms with Gasteiger partial charge < -0.3 is 4.90 Å². The second-order valence-electron chi connectivity index (χ2n) is 7.81. The van der Waals surface area contributed by atoms with Crippen molar-refractivity contribution < 1.29 is 16.8 Å². The average molecular weight is 450 g/mol. The van der Waals surface area contributed by atoms with Gasteiger partial charge in [0.05, 0.1) is 9.79 Å². The molecule has 0 aromatic heterocycles. The predicted molar refractivity (Wildman–Crippen MR) is 117 cm³/mol. The lowest BCUT2D eigenvalue weighted by molar-refractivity contribution is 0.385. The van der Waals surface area contributed by atoms with E-state index in [0.29, 0.717) is 39.3 Å². The number of benzene rings is 2. The zero-order valence-electron chi connectivity index (χ0n) is 17.1. The van der Waals surface area contributed by atoms with Crippen LogP contribution >= 0.6 is 0 Å². The monoisotopic (exact) mass is 449 g/mol. The Labute approximate surface area is 179 Å². The van der Waals surface area contributed by atoms with Crippen molar-refractivity contribution >= 4 is 25.7 Å². The molecule has 9 heteroatoms. The smallest absolute Gasteiger partial charge is 0.243 e. The number of hydrogen-bond donors (Lipinski definition) is 0. The van der Waals surface area contributed by atoms with Gasteiger partial charge in [-0.05, 0) is 61.7 Å². The van der Waals surface area contributed by atoms with Crippen LogP contribution in [0, 0.1) is 6.92 Å². The van der Waals surface area contributed by atoms with Gasteiger partial charge in [0.15, 0.2) is 0 Å². The highest BCUT2D eigenvalue weighted by Gasteiger charge is 2.30. The molecule has 0 unspecified atom stereocenters.